The fourth-order valence-electron chi connectivity index (χ4n) is 2.86. The Morgan fingerprint density at radius 1 is 1.17 bits per heavy atom. The highest BCUT2D eigenvalue weighted by Crippen LogP contribution is 2.23. The lowest BCUT2D eigenvalue weighted by Gasteiger charge is -2.10. The van der Waals surface area contributed by atoms with Crippen LogP contribution in [0, 0.1) is 6.92 Å². The molecule has 0 aliphatic rings. The van der Waals surface area contributed by atoms with Crippen LogP contribution in [0.3, 0.4) is 0 Å². The van der Waals surface area contributed by atoms with Crippen molar-refractivity contribution >= 4 is 29.1 Å². The van der Waals surface area contributed by atoms with E-state index in [0.717, 1.165) is 17.5 Å². The molecule has 0 saturated heterocycles. The average molecular weight is 433 g/mol. The fourth-order valence-corrected chi connectivity index (χ4v) is 3.37. The second kappa shape index (κ2) is 9.76. The third-order valence-electron chi connectivity index (χ3n) is 4.30. The van der Waals surface area contributed by atoms with Crippen molar-refractivity contribution in [1.29, 1.82) is 0 Å². The van der Waals surface area contributed by atoms with E-state index in [-0.39, 0.29) is 17.6 Å². The lowest BCUT2D eigenvalue weighted by atomic mass is 10.2. The van der Waals surface area contributed by atoms with Crippen molar-refractivity contribution in [2.24, 2.45) is 0 Å². The fraction of sp³-hybridized carbons (Fsp3) is 0.286. The number of amides is 1. The minimum absolute atomic E-state index is 0.272. The van der Waals surface area contributed by atoms with E-state index in [1.54, 1.807) is 29.9 Å². The number of rotatable bonds is 8. The van der Waals surface area contributed by atoms with E-state index in [4.69, 9.17) is 27.9 Å². The molecule has 1 amide bonds. The molecule has 0 radical (unpaired) electrons. The molecule has 3 aromatic rings. The molecule has 6 nitrogen and oxygen atoms in total. The van der Waals surface area contributed by atoms with E-state index in [2.05, 4.69) is 15.4 Å². The summed E-state index contributed by atoms with van der Waals surface area (Å²) in [6.07, 6.45) is 2.54. The molecule has 1 N–H and O–H groups in total. The molecule has 3 rings (SSSR count). The highest BCUT2D eigenvalue weighted by Gasteiger charge is 2.21. The average Bonchev–Trinajstić information content (AvgIpc) is 3.00. The third kappa shape index (κ3) is 5.08. The Hall–Kier alpha value is -2.57. The molecule has 152 valence electrons. The summed E-state index contributed by atoms with van der Waals surface area (Å²) in [7, 11) is 0. The zero-order valence-electron chi connectivity index (χ0n) is 16.3. The number of halogens is 2. The zero-order chi connectivity index (χ0) is 20.8. The third-order valence-corrected chi connectivity index (χ3v) is 5.06. The second-order valence-electron chi connectivity index (χ2n) is 6.50. The Labute approximate surface area is 179 Å². The molecule has 0 aliphatic heterocycles. The highest BCUT2D eigenvalue weighted by atomic mass is 35.5. The van der Waals surface area contributed by atoms with Gasteiger partial charge in [0.15, 0.2) is 0 Å². The summed E-state index contributed by atoms with van der Waals surface area (Å²) < 4.78 is 7.21. The summed E-state index contributed by atoms with van der Waals surface area (Å²) in [4.78, 5) is 17.0. The molecule has 2 heterocycles. The molecule has 0 bridgehead atoms. The Bertz CT molecular complexity index is 1000. The number of aryl methyl sites for hydroxylation is 1. The highest BCUT2D eigenvalue weighted by molar-refractivity contribution is 6.33. The molecule has 29 heavy (non-hydrogen) atoms. The first-order valence-corrected chi connectivity index (χ1v) is 10.1. The van der Waals surface area contributed by atoms with Gasteiger partial charge in [0.25, 0.3) is 5.91 Å². The van der Waals surface area contributed by atoms with E-state index in [9.17, 15) is 4.79 Å². The van der Waals surface area contributed by atoms with Gasteiger partial charge in [0.2, 0.25) is 5.88 Å². The van der Waals surface area contributed by atoms with Crippen LogP contribution in [0.4, 0.5) is 0 Å². The van der Waals surface area contributed by atoms with Crippen LogP contribution in [0.15, 0.2) is 42.6 Å². The number of nitrogens with one attached hydrogen (secondary N) is 1. The number of pyridine rings is 1. The predicted octanol–water partition coefficient (Wildman–Crippen LogP) is 4.66. The van der Waals surface area contributed by atoms with Gasteiger partial charge in [0, 0.05) is 23.3 Å². The first-order valence-electron chi connectivity index (χ1n) is 9.32. The van der Waals surface area contributed by atoms with Crippen LogP contribution < -0.4 is 10.1 Å². The molecule has 0 aliphatic carbocycles. The number of benzene rings is 1. The summed E-state index contributed by atoms with van der Waals surface area (Å²) >= 11 is 12.7. The van der Waals surface area contributed by atoms with E-state index < -0.39 is 0 Å². The van der Waals surface area contributed by atoms with Crippen molar-refractivity contribution in [3.8, 4) is 5.88 Å². The van der Waals surface area contributed by atoms with Gasteiger partial charge in [0.05, 0.1) is 24.4 Å². The monoisotopic (exact) mass is 432 g/mol. The largest absolute Gasteiger partial charge is 0.477 e. The van der Waals surface area contributed by atoms with Crippen molar-refractivity contribution in [3.63, 3.8) is 0 Å². The van der Waals surface area contributed by atoms with Crippen molar-refractivity contribution in [2.75, 3.05) is 6.61 Å². The molecule has 0 unspecified atom stereocenters. The van der Waals surface area contributed by atoms with Gasteiger partial charge in [-0.2, -0.15) is 5.10 Å². The van der Waals surface area contributed by atoms with E-state index in [0.29, 0.717) is 35.3 Å². The lowest BCUT2D eigenvalue weighted by Crippen LogP contribution is -2.24. The zero-order valence-corrected chi connectivity index (χ0v) is 17.8. The van der Waals surface area contributed by atoms with Crippen molar-refractivity contribution < 1.29 is 9.53 Å². The normalized spacial score (nSPS) is 10.8. The van der Waals surface area contributed by atoms with Crippen LogP contribution in [0.5, 0.6) is 5.88 Å². The molecule has 2 aromatic heterocycles. The number of hydrogen-bond acceptors (Lipinski definition) is 4. The lowest BCUT2D eigenvalue weighted by molar-refractivity contribution is 0.0950. The molecule has 0 spiro atoms. The van der Waals surface area contributed by atoms with Crippen LogP contribution in [0.2, 0.25) is 10.2 Å². The number of carbonyl (C=O) groups is 1. The SMILES string of the molecule is CCCOc1ncccc1CNC(=O)c1c(C)nn(Cc2ccccc2Cl)c1Cl. The van der Waals surface area contributed by atoms with Gasteiger partial charge in [0.1, 0.15) is 5.15 Å². The number of nitrogens with zero attached hydrogens (tertiary/aromatic N) is 3. The van der Waals surface area contributed by atoms with E-state index in [1.165, 1.54) is 0 Å². The summed E-state index contributed by atoms with van der Waals surface area (Å²) in [5, 5.41) is 8.18. The second-order valence-corrected chi connectivity index (χ2v) is 7.26. The molecule has 0 fully saturated rings. The Balaban J connectivity index is 1.74. The first-order chi connectivity index (χ1) is 14.0. The number of carbonyl (C=O) groups excluding carboxylic acids is 1. The van der Waals surface area contributed by atoms with Crippen molar-refractivity contribution in [1.82, 2.24) is 20.1 Å². The molecule has 8 heteroatoms. The van der Waals surface area contributed by atoms with Gasteiger partial charge in [-0.1, -0.05) is 54.4 Å². The van der Waals surface area contributed by atoms with Crippen molar-refractivity contribution in [2.45, 2.75) is 33.4 Å². The summed E-state index contributed by atoms with van der Waals surface area (Å²) in [5.41, 5.74) is 2.57. The predicted molar refractivity (Wildman–Crippen MR) is 114 cm³/mol. The standard InChI is InChI=1S/C21H22Cl2N4O2/c1-3-11-29-21-15(8-6-10-24-21)12-25-20(28)18-14(2)26-27(19(18)23)13-16-7-4-5-9-17(16)22/h4-10H,3,11-13H2,1-2H3,(H,25,28). The minimum Gasteiger partial charge on any atom is -0.477 e. The number of hydrogen-bond donors (Lipinski definition) is 1. The molecular weight excluding hydrogens is 411 g/mol. The Morgan fingerprint density at radius 2 is 1.93 bits per heavy atom. The summed E-state index contributed by atoms with van der Waals surface area (Å²) in [6.45, 7) is 5.00. The van der Waals surface area contributed by atoms with Crippen LogP contribution in [0.25, 0.3) is 0 Å². The van der Waals surface area contributed by atoms with Crippen molar-refractivity contribution in [3.05, 3.63) is 75.2 Å². The topological polar surface area (TPSA) is 69.0 Å². The quantitative estimate of drug-likeness (QED) is 0.561. The van der Waals surface area contributed by atoms with Gasteiger partial charge < -0.3 is 10.1 Å². The smallest absolute Gasteiger partial charge is 0.256 e. The number of aromatic nitrogens is 3. The maximum Gasteiger partial charge on any atom is 0.256 e. The van der Waals surface area contributed by atoms with Gasteiger partial charge in [-0.05, 0) is 31.0 Å². The van der Waals surface area contributed by atoms with Crippen LogP contribution in [0.1, 0.15) is 40.5 Å². The summed E-state index contributed by atoms with van der Waals surface area (Å²) in [5.74, 6) is 0.218. The maximum absolute atomic E-state index is 12.8. The Morgan fingerprint density at radius 3 is 2.69 bits per heavy atom. The molecule has 0 atom stereocenters. The first kappa shape index (κ1) is 21.1. The maximum atomic E-state index is 12.8. The number of ether oxygens (including phenoxy) is 1. The molecular formula is C21H22Cl2N4O2. The van der Waals surface area contributed by atoms with Gasteiger partial charge >= 0.3 is 0 Å². The van der Waals surface area contributed by atoms with Gasteiger partial charge in [-0.15, -0.1) is 0 Å². The van der Waals surface area contributed by atoms with Crippen LogP contribution >= 0.6 is 23.2 Å². The molecule has 1 aromatic carbocycles. The van der Waals surface area contributed by atoms with Crippen LogP contribution in [-0.4, -0.2) is 27.3 Å². The minimum atomic E-state index is -0.303. The molecule has 0 saturated carbocycles. The van der Waals surface area contributed by atoms with Crippen LogP contribution in [-0.2, 0) is 13.1 Å². The van der Waals surface area contributed by atoms with Gasteiger partial charge in [-0.25, -0.2) is 9.67 Å². The van der Waals surface area contributed by atoms with Gasteiger partial charge in [-0.3, -0.25) is 4.79 Å². The Kier molecular flexibility index (Phi) is 7.12. The van der Waals surface area contributed by atoms with E-state index >= 15 is 0 Å². The summed E-state index contributed by atoms with van der Waals surface area (Å²) in [6, 6.07) is 11.1. The van der Waals surface area contributed by atoms with E-state index in [1.807, 2.05) is 31.2 Å².